The first-order valence-corrected chi connectivity index (χ1v) is 12.2. The summed E-state index contributed by atoms with van der Waals surface area (Å²) in [5, 5.41) is 14.8. The molecule has 2 aromatic carbocycles. The van der Waals surface area contributed by atoms with Gasteiger partial charge in [0.05, 0.1) is 12.5 Å². The number of ether oxygens (including phenoxy) is 2. The van der Waals surface area contributed by atoms with Crippen molar-refractivity contribution in [2.45, 2.75) is 31.2 Å². The van der Waals surface area contributed by atoms with E-state index in [0.717, 1.165) is 17.5 Å². The molecule has 0 aliphatic heterocycles. The van der Waals surface area contributed by atoms with Crippen molar-refractivity contribution < 1.29 is 29.0 Å². The van der Waals surface area contributed by atoms with E-state index in [2.05, 4.69) is 34.9 Å². The first-order chi connectivity index (χ1) is 17.0. The number of amides is 2. The number of carboxylic acids is 1. The van der Waals surface area contributed by atoms with E-state index in [4.69, 9.17) is 9.47 Å². The van der Waals surface area contributed by atoms with Crippen LogP contribution in [0.25, 0.3) is 11.1 Å². The van der Waals surface area contributed by atoms with E-state index in [1.807, 2.05) is 24.3 Å². The van der Waals surface area contributed by atoms with Crippen LogP contribution in [0, 0.1) is 17.8 Å². The van der Waals surface area contributed by atoms with Gasteiger partial charge in [0.25, 0.3) is 0 Å². The standard InChI is InChI=1S/C27H30N2O6/c30-25(29-24-13-16-11-17(26(31)32)12-22(16)24)15-34-10-9-28-27(33)35-14-23-20-7-3-1-5-18(20)19-6-2-4-8-21(19)23/h1-8,16-17,22-24H,9-15H2,(H,28,33)(H,29,30)(H,31,32)/t16-,17?,22-,24+/m1/s1. The van der Waals surface area contributed by atoms with Crippen LogP contribution in [0.3, 0.4) is 0 Å². The highest BCUT2D eigenvalue weighted by Gasteiger charge is 2.49. The second kappa shape index (κ2) is 10.1. The number of hydrogen-bond acceptors (Lipinski definition) is 5. The van der Waals surface area contributed by atoms with Crippen LogP contribution in [0.2, 0.25) is 0 Å². The van der Waals surface area contributed by atoms with Gasteiger partial charge in [-0.1, -0.05) is 48.5 Å². The maximum Gasteiger partial charge on any atom is 0.407 e. The van der Waals surface area contributed by atoms with Crippen LogP contribution < -0.4 is 10.6 Å². The Kier molecular flexibility index (Phi) is 6.72. The first-order valence-electron chi connectivity index (χ1n) is 12.2. The number of carboxylic acid groups (broad SMARTS) is 1. The third-order valence-corrected chi connectivity index (χ3v) is 7.61. The molecular formula is C27H30N2O6. The van der Waals surface area contributed by atoms with Crippen molar-refractivity contribution in [1.29, 1.82) is 0 Å². The molecule has 0 saturated heterocycles. The van der Waals surface area contributed by atoms with Gasteiger partial charge >= 0.3 is 12.1 Å². The van der Waals surface area contributed by atoms with Gasteiger partial charge in [-0.25, -0.2) is 4.79 Å². The molecule has 3 aliphatic carbocycles. The number of nitrogens with one attached hydrogen (secondary N) is 2. The topological polar surface area (TPSA) is 114 Å². The summed E-state index contributed by atoms with van der Waals surface area (Å²) in [5.41, 5.74) is 4.67. The molecule has 8 nitrogen and oxygen atoms in total. The normalized spacial score (nSPS) is 24.0. The minimum atomic E-state index is -0.739. The van der Waals surface area contributed by atoms with Crippen LogP contribution in [0.5, 0.6) is 0 Å². The summed E-state index contributed by atoms with van der Waals surface area (Å²) in [6, 6.07) is 16.4. The molecule has 2 fully saturated rings. The van der Waals surface area contributed by atoms with Gasteiger partial charge in [0.1, 0.15) is 13.2 Å². The SMILES string of the molecule is O=C(COCCNC(=O)OCC1c2ccccc2-c2ccccc21)N[C@H]1C[C@H]2CC(C(=O)O)C[C@H]21. The van der Waals surface area contributed by atoms with Crippen molar-refractivity contribution in [3.05, 3.63) is 59.7 Å². The fourth-order valence-corrected chi connectivity index (χ4v) is 5.88. The number of aliphatic carboxylic acids is 1. The second-order valence-corrected chi connectivity index (χ2v) is 9.65. The van der Waals surface area contributed by atoms with E-state index in [1.165, 1.54) is 11.1 Å². The molecule has 0 spiro atoms. The lowest BCUT2D eigenvalue weighted by Gasteiger charge is -2.40. The number of hydrogen-bond donors (Lipinski definition) is 3. The van der Waals surface area contributed by atoms with Crippen LogP contribution >= 0.6 is 0 Å². The van der Waals surface area contributed by atoms with Crippen molar-refractivity contribution >= 4 is 18.0 Å². The highest BCUT2D eigenvalue weighted by Crippen LogP contribution is 2.49. The summed E-state index contributed by atoms with van der Waals surface area (Å²) in [4.78, 5) is 35.5. The number of carbonyl (C=O) groups is 3. The zero-order valence-corrected chi connectivity index (χ0v) is 19.4. The lowest BCUT2D eigenvalue weighted by Crippen LogP contribution is -2.51. The number of alkyl carbamates (subject to hydrolysis) is 1. The summed E-state index contributed by atoms with van der Waals surface area (Å²) >= 11 is 0. The van der Waals surface area contributed by atoms with E-state index < -0.39 is 12.1 Å². The average molecular weight is 479 g/mol. The van der Waals surface area contributed by atoms with E-state index in [9.17, 15) is 19.5 Å². The number of rotatable bonds is 9. The summed E-state index contributed by atoms with van der Waals surface area (Å²) in [6.07, 6.45) is 1.67. The molecule has 5 rings (SSSR count). The average Bonchev–Trinajstić information content (AvgIpc) is 3.36. The van der Waals surface area contributed by atoms with Gasteiger partial charge in [-0.15, -0.1) is 0 Å². The minimum Gasteiger partial charge on any atom is -0.481 e. The first kappa shape index (κ1) is 23.4. The minimum absolute atomic E-state index is 0.00449. The molecule has 3 N–H and O–H groups in total. The Labute approximate surface area is 204 Å². The van der Waals surface area contributed by atoms with Crippen molar-refractivity contribution in [2.24, 2.45) is 17.8 Å². The van der Waals surface area contributed by atoms with E-state index in [-0.39, 0.29) is 56.1 Å². The van der Waals surface area contributed by atoms with Gasteiger partial charge in [-0.3, -0.25) is 9.59 Å². The molecule has 2 amide bonds. The largest absolute Gasteiger partial charge is 0.481 e. The molecule has 3 aliphatic rings. The number of fused-ring (bicyclic) bond motifs is 4. The van der Waals surface area contributed by atoms with Crippen LogP contribution in [0.1, 0.15) is 36.3 Å². The summed E-state index contributed by atoms with van der Waals surface area (Å²) in [7, 11) is 0. The molecule has 1 unspecified atom stereocenters. The van der Waals surface area contributed by atoms with Gasteiger partial charge < -0.3 is 25.2 Å². The number of benzene rings is 2. The van der Waals surface area contributed by atoms with Crippen molar-refractivity contribution in [3.63, 3.8) is 0 Å². The second-order valence-electron chi connectivity index (χ2n) is 9.65. The molecule has 184 valence electrons. The Morgan fingerprint density at radius 1 is 0.943 bits per heavy atom. The van der Waals surface area contributed by atoms with Gasteiger partial charge in [-0.05, 0) is 53.4 Å². The Morgan fingerprint density at radius 2 is 1.63 bits per heavy atom. The van der Waals surface area contributed by atoms with Crippen molar-refractivity contribution in [1.82, 2.24) is 10.6 Å². The van der Waals surface area contributed by atoms with Crippen molar-refractivity contribution in [3.8, 4) is 11.1 Å². The third kappa shape index (κ3) is 4.89. The monoisotopic (exact) mass is 478 g/mol. The highest BCUT2D eigenvalue weighted by atomic mass is 16.5. The predicted molar refractivity (Wildman–Crippen MR) is 128 cm³/mol. The molecular weight excluding hydrogens is 448 g/mol. The fraction of sp³-hybridized carbons (Fsp3) is 0.444. The van der Waals surface area contributed by atoms with E-state index in [0.29, 0.717) is 18.8 Å². The third-order valence-electron chi connectivity index (χ3n) is 7.61. The predicted octanol–water partition coefficient (Wildman–Crippen LogP) is 3.16. The molecule has 2 saturated carbocycles. The van der Waals surface area contributed by atoms with E-state index >= 15 is 0 Å². The summed E-state index contributed by atoms with van der Waals surface area (Å²) < 4.78 is 10.9. The Bertz CT molecular complexity index is 1070. The van der Waals surface area contributed by atoms with Gasteiger partial charge in [0.15, 0.2) is 0 Å². The molecule has 0 heterocycles. The molecule has 8 heteroatoms. The molecule has 0 aromatic heterocycles. The summed E-state index contributed by atoms with van der Waals surface area (Å²) in [5.74, 6) is -0.568. The van der Waals surface area contributed by atoms with Crippen LogP contribution in [0.15, 0.2) is 48.5 Å². The highest BCUT2D eigenvalue weighted by molar-refractivity contribution is 5.79. The zero-order valence-electron chi connectivity index (χ0n) is 19.4. The molecule has 2 aromatic rings. The van der Waals surface area contributed by atoms with Gasteiger partial charge in [0.2, 0.25) is 5.91 Å². The van der Waals surface area contributed by atoms with Gasteiger partial charge in [-0.2, -0.15) is 0 Å². The fourth-order valence-electron chi connectivity index (χ4n) is 5.88. The maximum atomic E-state index is 12.2. The summed E-state index contributed by atoms with van der Waals surface area (Å²) in [6.45, 7) is 0.575. The van der Waals surface area contributed by atoms with Crippen LogP contribution in [-0.4, -0.2) is 55.5 Å². The van der Waals surface area contributed by atoms with E-state index in [1.54, 1.807) is 0 Å². The number of carbonyl (C=O) groups excluding carboxylic acids is 2. The van der Waals surface area contributed by atoms with Gasteiger partial charge in [0, 0.05) is 18.5 Å². The van der Waals surface area contributed by atoms with Crippen LogP contribution in [-0.2, 0) is 19.1 Å². The smallest absolute Gasteiger partial charge is 0.407 e. The molecule has 0 radical (unpaired) electrons. The molecule has 4 atom stereocenters. The lowest BCUT2D eigenvalue weighted by atomic mass is 9.71. The Hall–Kier alpha value is -3.39. The quantitative estimate of drug-likeness (QED) is 0.477. The maximum absolute atomic E-state index is 12.2. The molecule has 35 heavy (non-hydrogen) atoms. The Balaban J connectivity index is 0.983. The zero-order chi connectivity index (χ0) is 24.4. The lowest BCUT2D eigenvalue weighted by molar-refractivity contribution is -0.141. The van der Waals surface area contributed by atoms with Crippen LogP contribution in [0.4, 0.5) is 4.79 Å². The Morgan fingerprint density at radius 3 is 2.31 bits per heavy atom. The molecule has 0 bridgehead atoms. The van der Waals surface area contributed by atoms with Crippen molar-refractivity contribution in [2.75, 3.05) is 26.4 Å².